The van der Waals surface area contributed by atoms with E-state index in [-0.39, 0.29) is 24.9 Å². The van der Waals surface area contributed by atoms with Crippen LogP contribution in [0.15, 0.2) is 85.1 Å². The third kappa shape index (κ3) is 41.8. The van der Waals surface area contributed by atoms with E-state index in [2.05, 4.69) is 56.5 Å². The normalized spacial score (nSPS) is 14.0. The molecular formula is C54H93NO5. The van der Waals surface area contributed by atoms with Gasteiger partial charge in [0.05, 0.1) is 25.2 Å². The van der Waals surface area contributed by atoms with Gasteiger partial charge in [-0.1, -0.05) is 221 Å². The van der Waals surface area contributed by atoms with Crippen LogP contribution in [0.1, 0.15) is 220 Å². The fourth-order valence-corrected chi connectivity index (χ4v) is 7.10. The molecular weight excluding hydrogens is 743 g/mol. The van der Waals surface area contributed by atoms with E-state index in [4.69, 9.17) is 4.74 Å². The van der Waals surface area contributed by atoms with Gasteiger partial charge in [0.15, 0.2) is 0 Å². The number of rotatable bonds is 43. The second-order valence-electron chi connectivity index (χ2n) is 16.6. The number of aliphatic hydroxyl groups is 2. The predicted molar refractivity (Wildman–Crippen MR) is 259 cm³/mol. The Kier molecular flexibility index (Phi) is 44.8. The van der Waals surface area contributed by atoms with E-state index in [1.54, 1.807) is 0 Å². The van der Waals surface area contributed by atoms with Gasteiger partial charge in [-0.3, -0.25) is 9.59 Å². The Morgan fingerprint density at radius 1 is 0.500 bits per heavy atom. The van der Waals surface area contributed by atoms with Crippen LogP contribution in [0.2, 0.25) is 0 Å². The summed E-state index contributed by atoms with van der Waals surface area (Å²) in [7, 11) is 0. The molecule has 6 heteroatoms. The Bertz CT molecular complexity index is 1160. The molecule has 344 valence electrons. The lowest BCUT2D eigenvalue weighted by atomic mass is 10.0. The SMILES string of the molecule is CC\C=C/C=C/C=C/C=C\C=C\C=C\CCCCCC(=O)OC(CCCCCCC/C=C/CCCCCCCC)CC(=O)NC(CO)C(O)CCCCCCCCCCC. The van der Waals surface area contributed by atoms with E-state index in [9.17, 15) is 19.8 Å². The highest BCUT2D eigenvalue weighted by atomic mass is 16.5. The minimum atomic E-state index is -0.800. The van der Waals surface area contributed by atoms with Gasteiger partial charge in [-0.2, -0.15) is 0 Å². The van der Waals surface area contributed by atoms with Crippen molar-refractivity contribution in [2.75, 3.05) is 6.61 Å². The number of carbonyl (C=O) groups excluding carboxylic acids is 2. The first-order valence-corrected chi connectivity index (χ1v) is 24.9. The van der Waals surface area contributed by atoms with Gasteiger partial charge in [0.25, 0.3) is 0 Å². The Balaban J connectivity index is 4.71. The maximum absolute atomic E-state index is 13.2. The number of hydrogen-bond acceptors (Lipinski definition) is 5. The summed E-state index contributed by atoms with van der Waals surface area (Å²) in [5.74, 6) is -0.539. The van der Waals surface area contributed by atoms with Crippen molar-refractivity contribution in [3.05, 3.63) is 85.1 Å². The van der Waals surface area contributed by atoms with Crippen molar-refractivity contribution in [2.24, 2.45) is 0 Å². The fourth-order valence-electron chi connectivity index (χ4n) is 7.10. The third-order valence-electron chi connectivity index (χ3n) is 10.9. The number of hydrogen-bond donors (Lipinski definition) is 3. The summed E-state index contributed by atoms with van der Waals surface area (Å²) in [6, 6.07) is -0.716. The zero-order valence-electron chi connectivity index (χ0n) is 39.1. The van der Waals surface area contributed by atoms with Crippen molar-refractivity contribution < 1.29 is 24.5 Å². The molecule has 1 amide bonds. The molecule has 3 N–H and O–H groups in total. The number of carbonyl (C=O) groups is 2. The van der Waals surface area contributed by atoms with Crippen LogP contribution in [-0.2, 0) is 14.3 Å². The third-order valence-corrected chi connectivity index (χ3v) is 10.9. The van der Waals surface area contributed by atoms with Crippen molar-refractivity contribution in [3.63, 3.8) is 0 Å². The molecule has 6 nitrogen and oxygen atoms in total. The Labute approximate surface area is 370 Å². The van der Waals surface area contributed by atoms with Gasteiger partial charge >= 0.3 is 5.97 Å². The molecule has 3 atom stereocenters. The van der Waals surface area contributed by atoms with E-state index in [1.807, 2.05) is 54.7 Å². The van der Waals surface area contributed by atoms with E-state index in [1.165, 1.54) is 96.3 Å². The van der Waals surface area contributed by atoms with Crippen molar-refractivity contribution >= 4 is 11.9 Å². The first-order valence-electron chi connectivity index (χ1n) is 24.9. The van der Waals surface area contributed by atoms with Crippen molar-refractivity contribution in [1.29, 1.82) is 0 Å². The highest BCUT2D eigenvalue weighted by molar-refractivity contribution is 5.77. The average Bonchev–Trinajstić information content (AvgIpc) is 3.24. The minimum absolute atomic E-state index is 0.0495. The van der Waals surface area contributed by atoms with Gasteiger partial charge in [-0.15, -0.1) is 0 Å². The van der Waals surface area contributed by atoms with Gasteiger partial charge in [0, 0.05) is 6.42 Å². The van der Waals surface area contributed by atoms with Crippen LogP contribution >= 0.6 is 0 Å². The summed E-state index contributed by atoms with van der Waals surface area (Å²) in [5, 5.41) is 23.6. The van der Waals surface area contributed by atoms with Gasteiger partial charge in [-0.25, -0.2) is 0 Å². The topological polar surface area (TPSA) is 95.9 Å². The van der Waals surface area contributed by atoms with Crippen LogP contribution in [0.25, 0.3) is 0 Å². The number of aliphatic hydroxyl groups excluding tert-OH is 2. The van der Waals surface area contributed by atoms with Crippen LogP contribution in [0, 0.1) is 0 Å². The number of amides is 1. The fraction of sp³-hybridized carbons (Fsp3) is 0.704. The standard InChI is InChI=1S/C54H93NO5/c1-4-7-10-13-16-19-21-23-25-26-28-30-32-35-38-41-44-47-54(59)60-50(45-42-39-36-34-31-29-27-24-22-20-17-14-11-8-5-2)48-53(58)55-51(49-56)52(57)46-43-40-37-33-18-15-12-9-6-3/h7,10,13,16,19,21,23-28,30,32,50-52,56-57H,4-6,8-9,11-12,14-15,17-18,20,22,29,31,33-49H2,1-3H3,(H,55,58)/b10-7-,16-13+,21-19+,25-23-,27-24+,28-26+,32-30+. The number of esters is 1. The molecule has 0 spiro atoms. The quantitative estimate of drug-likeness (QED) is 0.0246. The number of ether oxygens (including phenoxy) is 1. The van der Waals surface area contributed by atoms with E-state index in [0.29, 0.717) is 19.3 Å². The molecule has 0 bridgehead atoms. The second-order valence-corrected chi connectivity index (χ2v) is 16.6. The molecule has 0 radical (unpaired) electrons. The van der Waals surface area contributed by atoms with Gasteiger partial charge < -0.3 is 20.3 Å². The van der Waals surface area contributed by atoms with E-state index >= 15 is 0 Å². The largest absolute Gasteiger partial charge is 0.462 e. The lowest BCUT2D eigenvalue weighted by molar-refractivity contribution is -0.151. The smallest absolute Gasteiger partial charge is 0.306 e. The maximum atomic E-state index is 13.2. The lowest BCUT2D eigenvalue weighted by Crippen LogP contribution is -2.46. The van der Waals surface area contributed by atoms with Crippen molar-refractivity contribution in [1.82, 2.24) is 5.32 Å². The molecule has 0 aromatic heterocycles. The monoisotopic (exact) mass is 836 g/mol. The molecule has 0 rings (SSSR count). The zero-order valence-corrected chi connectivity index (χ0v) is 39.1. The minimum Gasteiger partial charge on any atom is -0.462 e. The number of unbranched alkanes of at least 4 members (excludes halogenated alkanes) is 22. The van der Waals surface area contributed by atoms with Crippen LogP contribution in [0.5, 0.6) is 0 Å². The average molecular weight is 836 g/mol. The molecule has 0 fully saturated rings. The first-order chi connectivity index (χ1) is 29.5. The van der Waals surface area contributed by atoms with Gasteiger partial charge in [-0.05, 0) is 70.6 Å². The molecule has 3 unspecified atom stereocenters. The molecule has 0 saturated heterocycles. The lowest BCUT2D eigenvalue weighted by Gasteiger charge is -2.24. The molecule has 0 aromatic rings. The van der Waals surface area contributed by atoms with Gasteiger partial charge in [0.1, 0.15) is 6.10 Å². The van der Waals surface area contributed by atoms with E-state index in [0.717, 1.165) is 77.0 Å². The summed E-state index contributed by atoms with van der Waals surface area (Å²) < 4.78 is 5.90. The molecule has 0 saturated carbocycles. The molecule has 0 heterocycles. The first kappa shape index (κ1) is 57.0. The van der Waals surface area contributed by atoms with Crippen LogP contribution in [0.3, 0.4) is 0 Å². The summed E-state index contributed by atoms with van der Waals surface area (Å²) >= 11 is 0. The van der Waals surface area contributed by atoms with Crippen molar-refractivity contribution in [3.8, 4) is 0 Å². The Morgan fingerprint density at radius 2 is 0.917 bits per heavy atom. The van der Waals surface area contributed by atoms with Crippen LogP contribution < -0.4 is 5.32 Å². The molecule has 0 aromatic carbocycles. The Hall–Kier alpha value is -2.96. The highest BCUT2D eigenvalue weighted by Crippen LogP contribution is 2.17. The summed E-state index contributed by atoms with van der Waals surface area (Å²) in [6.07, 6.45) is 60.7. The number of allylic oxidation sites excluding steroid dienone is 14. The summed E-state index contributed by atoms with van der Waals surface area (Å²) in [5.41, 5.74) is 0. The van der Waals surface area contributed by atoms with Crippen molar-refractivity contribution in [2.45, 2.75) is 238 Å². The summed E-state index contributed by atoms with van der Waals surface area (Å²) in [4.78, 5) is 26.1. The predicted octanol–water partition coefficient (Wildman–Crippen LogP) is 14.8. The Morgan fingerprint density at radius 3 is 1.42 bits per heavy atom. The van der Waals surface area contributed by atoms with Gasteiger partial charge in [0.2, 0.25) is 5.91 Å². The van der Waals surface area contributed by atoms with E-state index < -0.39 is 18.2 Å². The maximum Gasteiger partial charge on any atom is 0.306 e. The number of nitrogens with one attached hydrogen (secondary N) is 1. The zero-order chi connectivity index (χ0) is 43.8. The van der Waals surface area contributed by atoms with Crippen LogP contribution in [-0.4, -0.2) is 46.9 Å². The summed E-state index contributed by atoms with van der Waals surface area (Å²) in [6.45, 7) is 6.29. The second kappa shape index (κ2) is 47.1. The highest BCUT2D eigenvalue weighted by Gasteiger charge is 2.24. The molecule has 0 aliphatic carbocycles. The molecule has 0 aliphatic heterocycles. The molecule has 0 aliphatic rings. The van der Waals surface area contributed by atoms with Crippen LogP contribution in [0.4, 0.5) is 0 Å². The molecule has 60 heavy (non-hydrogen) atoms.